The monoisotopic (exact) mass is 445 g/mol. The number of carbonyl (C=O) groups excluding carboxylic acids is 2. The lowest BCUT2D eigenvalue weighted by molar-refractivity contribution is -0.122. The van der Waals surface area contributed by atoms with Gasteiger partial charge < -0.3 is 5.32 Å². The molecule has 4 rings (SSSR count). The van der Waals surface area contributed by atoms with Crippen molar-refractivity contribution in [1.29, 1.82) is 0 Å². The van der Waals surface area contributed by atoms with Crippen molar-refractivity contribution in [1.82, 2.24) is 5.43 Å². The highest BCUT2D eigenvalue weighted by Gasteiger charge is 2.43. The third-order valence-corrected chi connectivity index (χ3v) is 7.07. The molecule has 2 atom stereocenters. The SMILES string of the molecule is C/C(=N/NC(=O)[C@H]1C[C@H]1c1ccc(C)cc1)c1ccc(NC(=O)c2csc(C)c2C)cc1. The summed E-state index contributed by atoms with van der Waals surface area (Å²) in [5.41, 5.74) is 9.19. The predicted molar refractivity (Wildman–Crippen MR) is 131 cm³/mol. The van der Waals surface area contributed by atoms with Crippen LogP contribution < -0.4 is 10.7 Å². The molecule has 1 aromatic heterocycles. The third kappa shape index (κ3) is 4.81. The molecule has 1 fully saturated rings. The molecule has 32 heavy (non-hydrogen) atoms. The van der Waals surface area contributed by atoms with Crippen LogP contribution in [0, 0.1) is 26.7 Å². The molecule has 2 aromatic carbocycles. The molecule has 1 aliphatic carbocycles. The minimum absolute atomic E-state index is 0.0176. The summed E-state index contributed by atoms with van der Waals surface area (Å²) in [5, 5.41) is 9.10. The molecule has 0 saturated heterocycles. The van der Waals surface area contributed by atoms with Gasteiger partial charge in [0.15, 0.2) is 0 Å². The van der Waals surface area contributed by atoms with Crippen LogP contribution in [0.2, 0.25) is 0 Å². The van der Waals surface area contributed by atoms with Crippen LogP contribution in [0.3, 0.4) is 0 Å². The van der Waals surface area contributed by atoms with E-state index in [4.69, 9.17) is 0 Å². The zero-order valence-electron chi connectivity index (χ0n) is 18.7. The topological polar surface area (TPSA) is 70.6 Å². The van der Waals surface area contributed by atoms with Gasteiger partial charge in [-0.3, -0.25) is 9.59 Å². The molecule has 1 saturated carbocycles. The standard InChI is InChI=1S/C26H27N3O2S/c1-15-5-7-20(8-6-15)22-13-23(22)26(31)29-28-17(3)19-9-11-21(12-10-19)27-25(30)24-14-32-18(4)16(24)2/h5-12,14,22-23H,13H2,1-4H3,(H,27,30)(H,29,31)/b28-17-/t22-,23-/m0/s1. The summed E-state index contributed by atoms with van der Waals surface area (Å²) < 4.78 is 0. The summed E-state index contributed by atoms with van der Waals surface area (Å²) in [6.07, 6.45) is 0.862. The Hall–Kier alpha value is -3.25. The van der Waals surface area contributed by atoms with Crippen LogP contribution in [-0.4, -0.2) is 17.5 Å². The van der Waals surface area contributed by atoms with Crippen LogP contribution in [0.5, 0.6) is 0 Å². The Morgan fingerprint density at radius 1 is 1.00 bits per heavy atom. The van der Waals surface area contributed by atoms with Gasteiger partial charge in [0.2, 0.25) is 5.91 Å². The first-order chi connectivity index (χ1) is 15.3. The zero-order chi connectivity index (χ0) is 22.8. The number of hydrogen-bond donors (Lipinski definition) is 2. The third-order valence-electron chi connectivity index (χ3n) is 6.06. The first-order valence-electron chi connectivity index (χ1n) is 10.7. The van der Waals surface area contributed by atoms with Gasteiger partial charge in [-0.05, 0) is 68.9 Å². The van der Waals surface area contributed by atoms with Crippen LogP contribution in [-0.2, 0) is 4.79 Å². The lowest BCUT2D eigenvalue weighted by Gasteiger charge is -2.07. The number of anilines is 1. The molecule has 0 unspecified atom stereocenters. The van der Waals surface area contributed by atoms with Gasteiger partial charge in [0, 0.05) is 21.9 Å². The number of hydrogen-bond acceptors (Lipinski definition) is 4. The van der Waals surface area contributed by atoms with Crippen LogP contribution in [0.4, 0.5) is 5.69 Å². The Morgan fingerprint density at radius 3 is 2.31 bits per heavy atom. The number of aryl methyl sites for hydroxylation is 2. The van der Waals surface area contributed by atoms with Crippen molar-refractivity contribution in [3.05, 3.63) is 86.6 Å². The van der Waals surface area contributed by atoms with E-state index in [0.717, 1.165) is 28.1 Å². The van der Waals surface area contributed by atoms with Gasteiger partial charge in [-0.15, -0.1) is 11.3 Å². The van der Waals surface area contributed by atoms with Crippen LogP contribution >= 0.6 is 11.3 Å². The van der Waals surface area contributed by atoms with Crippen molar-refractivity contribution in [3.63, 3.8) is 0 Å². The van der Waals surface area contributed by atoms with Crippen molar-refractivity contribution in [2.75, 3.05) is 5.32 Å². The molecule has 0 radical (unpaired) electrons. The van der Waals surface area contributed by atoms with Gasteiger partial charge in [-0.25, -0.2) is 5.43 Å². The Labute approximate surface area is 192 Å². The molecule has 6 heteroatoms. The normalized spacial score (nSPS) is 17.7. The highest BCUT2D eigenvalue weighted by Crippen LogP contribution is 2.47. The van der Waals surface area contributed by atoms with E-state index in [9.17, 15) is 9.59 Å². The van der Waals surface area contributed by atoms with Crippen molar-refractivity contribution in [3.8, 4) is 0 Å². The summed E-state index contributed by atoms with van der Waals surface area (Å²) in [4.78, 5) is 26.1. The summed E-state index contributed by atoms with van der Waals surface area (Å²) in [6, 6.07) is 15.8. The van der Waals surface area contributed by atoms with E-state index in [1.807, 2.05) is 50.4 Å². The molecule has 1 heterocycles. The fraction of sp³-hybridized carbons (Fsp3) is 0.269. The van der Waals surface area contributed by atoms with Gasteiger partial charge in [0.05, 0.1) is 11.3 Å². The first-order valence-corrected chi connectivity index (χ1v) is 11.6. The molecule has 3 aromatic rings. The van der Waals surface area contributed by atoms with Gasteiger partial charge in [0.25, 0.3) is 5.91 Å². The molecule has 5 nitrogen and oxygen atoms in total. The summed E-state index contributed by atoms with van der Waals surface area (Å²) >= 11 is 1.58. The van der Waals surface area contributed by atoms with Crippen LogP contribution in [0.25, 0.3) is 0 Å². The molecule has 0 spiro atoms. The zero-order valence-corrected chi connectivity index (χ0v) is 19.5. The minimum Gasteiger partial charge on any atom is -0.322 e. The van der Waals surface area contributed by atoms with Gasteiger partial charge in [0.1, 0.15) is 0 Å². The molecule has 2 N–H and O–H groups in total. The largest absolute Gasteiger partial charge is 0.322 e. The fourth-order valence-corrected chi connectivity index (χ4v) is 4.55. The number of nitrogens with zero attached hydrogens (tertiary/aromatic N) is 1. The number of benzene rings is 2. The molecular weight excluding hydrogens is 418 g/mol. The second kappa shape index (κ2) is 9.09. The lowest BCUT2D eigenvalue weighted by Crippen LogP contribution is -2.21. The first kappa shape index (κ1) is 22.0. The van der Waals surface area contributed by atoms with E-state index >= 15 is 0 Å². The molecule has 1 aliphatic rings. The van der Waals surface area contributed by atoms with Crippen molar-refractivity contribution >= 4 is 34.6 Å². The number of rotatable bonds is 6. The minimum atomic E-state index is -0.107. The Balaban J connectivity index is 1.33. The Bertz CT molecular complexity index is 1180. The van der Waals surface area contributed by atoms with Crippen LogP contribution in [0.15, 0.2) is 59.0 Å². The van der Waals surface area contributed by atoms with Gasteiger partial charge >= 0.3 is 0 Å². The number of hydrazone groups is 1. The maximum absolute atomic E-state index is 12.5. The summed E-state index contributed by atoms with van der Waals surface area (Å²) in [5.74, 6) is 0.116. The van der Waals surface area contributed by atoms with Crippen LogP contribution in [0.1, 0.15) is 56.8 Å². The summed E-state index contributed by atoms with van der Waals surface area (Å²) in [7, 11) is 0. The quantitative estimate of drug-likeness (QED) is 0.385. The maximum Gasteiger partial charge on any atom is 0.256 e. The highest BCUT2D eigenvalue weighted by molar-refractivity contribution is 7.10. The molecule has 0 aliphatic heterocycles. The van der Waals surface area contributed by atoms with E-state index in [1.165, 1.54) is 11.1 Å². The van der Waals surface area contributed by atoms with Gasteiger partial charge in [-0.1, -0.05) is 42.0 Å². The highest BCUT2D eigenvalue weighted by atomic mass is 32.1. The van der Waals surface area contributed by atoms with Gasteiger partial charge in [-0.2, -0.15) is 5.10 Å². The lowest BCUT2D eigenvalue weighted by atomic mass is 10.1. The van der Waals surface area contributed by atoms with Crippen molar-refractivity contribution in [2.24, 2.45) is 11.0 Å². The van der Waals surface area contributed by atoms with Crippen molar-refractivity contribution < 1.29 is 9.59 Å². The molecule has 0 bridgehead atoms. The van der Waals surface area contributed by atoms with Crippen molar-refractivity contribution in [2.45, 2.75) is 40.0 Å². The average molecular weight is 446 g/mol. The van der Waals surface area contributed by atoms with E-state index in [2.05, 4.69) is 47.0 Å². The predicted octanol–water partition coefficient (Wildman–Crippen LogP) is 5.57. The molecular formula is C26H27N3O2S. The Kier molecular flexibility index (Phi) is 6.24. The number of thiophene rings is 1. The maximum atomic E-state index is 12.5. The van der Waals surface area contributed by atoms with E-state index in [0.29, 0.717) is 11.3 Å². The molecule has 164 valence electrons. The van der Waals surface area contributed by atoms with E-state index in [-0.39, 0.29) is 23.7 Å². The number of carbonyl (C=O) groups is 2. The number of nitrogens with one attached hydrogen (secondary N) is 2. The van der Waals surface area contributed by atoms with E-state index < -0.39 is 0 Å². The average Bonchev–Trinajstić information content (AvgIpc) is 3.52. The fourth-order valence-electron chi connectivity index (χ4n) is 3.68. The number of amides is 2. The second-order valence-corrected chi connectivity index (χ2v) is 9.48. The summed E-state index contributed by atoms with van der Waals surface area (Å²) in [6.45, 7) is 7.89. The van der Waals surface area contributed by atoms with E-state index in [1.54, 1.807) is 11.3 Å². The smallest absolute Gasteiger partial charge is 0.256 e. The molecule has 2 amide bonds. The second-order valence-electron chi connectivity index (χ2n) is 8.39. The Morgan fingerprint density at radius 2 is 1.69 bits per heavy atom.